The van der Waals surface area contributed by atoms with Gasteiger partial charge >= 0.3 is 0 Å². The van der Waals surface area contributed by atoms with Gasteiger partial charge < -0.3 is 10.1 Å². The lowest BCUT2D eigenvalue weighted by molar-refractivity contribution is 0.242. The molecule has 0 bridgehead atoms. The van der Waals surface area contributed by atoms with Gasteiger partial charge in [-0.25, -0.2) is 0 Å². The van der Waals surface area contributed by atoms with Crippen LogP contribution in [0.3, 0.4) is 0 Å². The van der Waals surface area contributed by atoms with E-state index >= 15 is 0 Å². The highest BCUT2D eigenvalue weighted by atomic mass is 16.5. The Kier molecular flexibility index (Phi) is 4.58. The van der Waals surface area contributed by atoms with Gasteiger partial charge in [0.1, 0.15) is 5.75 Å². The lowest BCUT2D eigenvalue weighted by atomic mass is 9.99. The Morgan fingerprint density at radius 3 is 1.95 bits per heavy atom. The molecule has 2 aromatic carbocycles. The molecule has 19 heavy (non-hydrogen) atoms. The number of nitrogens with one attached hydrogen (secondary N) is 1. The van der Waals surface area contributed by atoms with Gasteiger partial charge in [-0.1, -0.05) is 42.5 Å². The quantitative estimate of drug-likeness (QED) is 0.878. The summed E-state index contributed by atoms with van der Waals surface area (Å²) in [5, 5.41) is 3.35. The average Bonchev–Trinajstić information content (AvgIpc) is 2.42. The summed E-state index contributed by atoms with van der Waals surface area (Å²) in [6, 6.07) is 19.0. The molecule has 0 heterocycles. The lowest BCUT2D eigenvalue weighted by Crippen LogP contribution is -2.17. The molecule has 0 spiro atoms. The molecule has 2 nitrogen and oxygen atoms in total. The highest BCUT2D eigenvalue weighted by Gasteiger charge is 2.11. The van der Waals surface area contributed by atoms with Gasteiger partial charge in [0.2, 0.25) is 0 Å². The monoisotopic (exact) mass is 255 g/mol. The Balaban J connectivity index is 2.20. The summed E-state index contributed by atoms with van der Waals surface area (Å²) in [6.45, 7) is 4.07. The predicted octanol–water partition coefficient (Wildman–Crippen LogP) is 3.78. The SMILES string of the molecule is CNC(c1ccccc1)c1ccc(OC(C)C)cc1. The van der Waals surface area contributed by atoms with Crippen molar-refractivity contribution in [3.8, 4) is 5.75 Å². The van der Waals surface area contributed by atoms with Crippen molar-refractivity contribution in [2.75, 3.05) is 7.05 Å². The van der Waals surface area contributed by atoms with E-state index in [1.807, 2.05) is 39.1 Å². The van der Waals surface area contributed by atoms with Crippen LogP contribution in [0.25, 0.3) is 0 Å². The van der Waals surface area contributed by atoms with Gasteiger partial charge in [0, 0.05) is 0 Å². The molecular formula is C17H21NO. The fraction of sp³-hybridized carbons (Fsp3) is 0.294. The highest BCUT2D eigenvalue weighted by molar-refractivity contribution is 5.35. The van der Waals surface area contributed by atoms with Gasteiger partial charge in [0.05, 0.1) is 12.1 Å². The second kappa shape index (κ2) is 6.39. The summed E-state index contributed by atoms with van der Waals surface area (Å²) in [5.74, 6) is 0.918. The topological polar surface area (TPSA) is 21.3 Å². The second-order valence-electron chi connectivity index (χ2n) is 4.87. The van der Waals surface area contributed by atoms with Crippen molar-refractivity contribution in [3.63, 3.8) is 0 Å². The summed E-state index contributed by atoms with van der Waals surface area (Å²) in [5.41, 5.74) is 2.51. The minimum atomic E-state index is 0.208. The molecule has 0 radical (unpaired) electrons. The van der Waals surface area contributed by atoms with Crippen LogP contribution in [-0.4, -0.2) is 13.2 Å². The van der Waals surface area contributed by atoms with Gasteiger partial charge in [0.15, 0.2) is 0 Å². The van der Waals surface area contributed by atoms with Crippen LogP contribution in [0.1, 0.15) is 31.0 Å². The van der Waals surface area contributed by atoms with Crippen LogP contribution in [-0.2, 0) is 0 Å². The maximum Gasteiger partial charge on any atom is 0.119 e. The van der Waals surface area contributed by atoms with Crippen molar-refractivity contribution in [2.24, 2.45) is 0 Å². The first-order valence-electron chi connectivity index (χ1n) is 6.69. The minimum absolute atomic E-state index is 0.208. The molecule has 1 unspecified atom stereocenters. The van der Waals surface area contributed by atoms with Crippen LogP contribution >= 0.6 is 0 Å². The molecule has 0 saturated carbocycles. The number of ether oxygens (including phenoxy) is 1. The lowest BCUT2D eigenvalue weighted by Gasteiger charge is -2.18. The highest BCUT2D eigenvalue weighted by Crippen LogP contribution is 2.24. The molecule has 2 heteroatoms. The Hall–Kier alpha value is -1.80. The van der Waals surface area contributed by atoms with Crippen molar-refractivity contribution in [1.29, 1.82) is 0 Å². The van der Waals surface area contributed by atoms with Crippen molar-refractivity contribution in [1.82, 2.24) is 5.32 Å². The third-order valence-electron chi connectivity index (χ3n) is 3.01. The molecule has 100 valence electrons. The molecular weight excluding hydrogens is 234 g/mol. The summed E-state index contributed by atoms with van der Waals surface area (Å²) in [7, 11) is 1.98. The average molecular weight is 255 g/mol. The number of hydrogen-bond donors (Lipinski definition) is 1. The van der Waals surface area contributed by atoms with Gasteiger partial charge in [-0.3, -0.25) is 0 Å². The van der Waals surface area contributed by atoms with E-state index in [4.69, 9.17) is 4.74 Å². The molecule has 1 atom stereocenters. The Morgan fingerprint density at radius 2 is 1.42 bits per heavy atom. The number of benzene rings is 2. The van der Waals surface area contributed by atoms with Crippen LogP contribution in [0.2, 0.25) is 0 Å². The van der Waals surface area contributed by atoms with Gasteiger partial charge in [-0.2, -0.15) is 0 Å². The van der Waals surface area contributed by atoms with E-state index in [9.17, 15) is 0 Å². The zero-order chi connectivity index (χ0) is 13.7. The molecule has 1 N–H and O–H groups in total. The van der Waals surface area contributed by atoms with Gasteiger partial charge in [-0.05, 0) is 44.2 Å². The van der Waals surface area contributed by atoms with E-state index in [1.165, 1.54) is 11.1 Å². The van der Waals surface area contributed by atoms with E-state index in [0.717, 1.165) is 5.75 Å². The molecule has 0 aromatic heterocycles. The molecule has 2 rings (SSSR count). The van der Waals surface area contributed by atoms with Crippen LogP contribution in [0, 0.1) is 0 Å². The molecule has 0 aliphatic carbocycles. The maximum atomic E-state index is 5.67. The Labute approximate surface area is 115 Å². The second-order valence-corrected chi connectivity index (χ2v) is 4.87. The van der Waals surface area contributed by atoms with Crippen molar-refractivity contribution < 1.29 is 4.74 Å². The fourth-order valence-corrected chi connectivity index (χ4v) is 2.18. The zero-order valence-corrected chi connectivity index (χ0v) is 11.8. The number of rotatable bonds is 5. The first kappa shape index (κ1) is 13.6. The molecule has 0 aliphatic rings. The van der Waals surface area contributed by atoms with Crippen molar-refractivity contribution >= 4 is 0 Å². The Morgan fingerprint density at radius 1 is 0.842 bits per heavy atom. The van der Waals surface area contributed by atoms with Crippen LogP contribution in [0.15, 0.2) is 54.6 Å². The maximum absolute atomic E-state index is 5.67. The molecule has 2 aromatic rings. The van der Waals surface area contributed by atoms with E-state index in [0.29, 0.717) is 0 Å². The smallest absolute Gasteiger partial charge is 0.119 e. The largest absolute Gasteiger partial charge is 0.491 e. The van der Waals surface area contributed by atoms with Crippen molar-refractivity contribution in [2.45, 2.75) is 26.0 Å². The van der Waals surface area contributed by atoms with E-state index in [-0.39, 0.29) is 12.1 Å². The number of hydrogen-bond acceptors (Lipinski definition) is 2. The summed E-state index contributed by atoms with van der Waals surface area (Å²) >= 11 is 0. The minimum Gasteiger partial charge on any atom is -0.491 e. The fourth-order valence-electron chi connectivity index (χ4n) is 2.18. The predicted molar refractivity (Wildman–Crippen MR) is 79.6 cm³/mol. The molecule has 0 fully saturated rings. The molecule has 0 aliphatic heterocycles. The van der Waals surface area contributed by atoms with Crippen LogP contribution in [0.5, 0.6) is 5.75 Å². The van der Waals surface area contributed by atoms with Crippen molar-refractivity contribution in [3.05, 3.63) is 65.7 Å². The summed E-state index contributed by atoms with van der Waals surface area (Å²) in [4.78, 5) is 0. The zero-order valence-electron chi connectivity index (χ0n) is 11.8. The molecule has 0 amide bonds. The van der Waals surface area contributed by atoms with E-state index in [2.05, 4.69) is 41.7 Å². The standard InChI is InChI=1S/C17H21NO/c1-13(2)19-16-11-9-15(10-12-16)17(18-3)14-7-5-4-6-8-14/h4-13,17-18H,1-3H3. The molecule has 0 saturated heterocycles. The summed E-state index contributed by atoms with van der Waals surface area (Å²) < 4.78 is 5.67. The third-order valence-corrected chi connectivity index (χ3v) is 3.01. The van der Waals surface area contributed by atoms with Gasteiger partial charge in [0.25, 0.3) is 0 Å². The van der Waals surface area contributed by atoms with E-state index in [1.54, 1.807) is 0 Å². The van der Waals surface area contributed by atoms with E-state index < -0.39 is 0 Å². The normalized spacial score (nSPS) is 12.4. The van der Waals surface area contributed by atoms with Crippen LogP contribution in [0.4, 0.5) is 0 Å². The Bertz CT molecular complexity index is 490. The summed E-state index contributed by atoms with van der Waals surface area (Å²) in [6.07, 6.45) is 0.208. The first-order chi connectivity index (χ1) is 9.20. The van der Waals surface area contributed by atoms with Crippen LogP contribution < -0.4 is 10.1 Å². The third kappa shape index (κ3) is 3.58. The van der Waals surface area contributed by atoms with Gasteiger partial charge in [-0.15, -0.1) is 0 Å². The first-order valence-corrected chi connectivity index (χ1v) is 6.69.